The molecule has 1 N–H and O–H groups in total. The minimum atomic E-state index is -2.79. The van der Waals surface area contributed by atoms with E-state index in [0.29, 0.717) is 5.75 Å². The molecule has 1 saturated heterocycles. The number of nitrogens with one attached hydrogen (secondary N) is 1. The Morgan fingerprint density at radius 3 is 3.00 bits per heavy atom. The van der Waals surface area contributed by atoms with Gasteiger partial charge in [-0.25, -0.2) is 8.42 Å². The molecule has 78 valence electrons. The Hall–Kier alpha value is -0.550. The van der Waals surface area contributed by atoms with Gasteiger partial charge in [0, 0.05) is 17.1 Å². The molecule has 1 atom stereocenters. The molecule has 3 nitrogen and oxygen atoms in total. The Morgan fingerprint density at radius 1 is 1.50 bits per heavy atom. The summed E-state index contributed by atoms with van der Waals surface area (Å²) in [6.45, 7) is 0. The molecular weight excluding hydrogens is 218 g/mol. The van der Waals surface area contributed by atoms with Crippen molar-refractivity contribution in [3.05, 3.63) is 16.8 Å². The summed E-state index contributed by atoms with van der Waals surface area (Å²) in [4.78, 5) is 0. The van der Waals surface area contributed by atoms with Gasteiger partial charge in [0.15, 0.2) is 9.84 Å². The van der Waals surface area contributed by atoms with Crippen molar-refractivity contribution in [2.24, 2.45) is 0 Å². The second kappa shape index (κ2) is 3.90. The van der Waals surface area contributed by atoms with Gasteiger partial charge in [-0.3, -0.25) is 0 Å². The SMILES string of the molecule is O=S1(=O)CCCC(Nc2ccsc2)C1. The maximum Gasteiger partial charge on any atom is 0.152 e. The van der Waals surface area contributed by atoms with Crippen LogP contribution < -0.4 is 5.32 Å². The van der Waals surface area contributed by atoms with E-state index in [4.69, 9.17) is 0 Å². The van der Waals surface area contributed by atoms with Gasteiger partial charge in [0.05, 0.1) is 11.5 Å². The van der Waals surface area contributed by atoms with Gasteiger partial charge in [0.25, 0.3) is 0 Å². The standard InChI is InChI=1S/C9H13NO2S2/c11-14(12)5-1-2-9(7-14)10-8-3-4-13-6-8/h3-4,6,9-10H,1-2,5,7H2. The van der Waals surface area contributed by atoms with Crippen LogP contribution in [0, 0.1) is 0 Å². The molecule has 0 aromatic carbocycles. The quantitative estimate of drug-likeness (QED) is 0.843. The van der Waals surface area contributed by atoms with E-state index in [1.807, 2.05) is 16.8 Å². The Balaban J connectivity index is 1.99. The average Bonchev–Trinajstić information content (AvgIpc) is 2.54. The number of sulfone groups is 1. The summed E-state index contributed by atoms with van der Waals surface area (Å²) < 4.78 is 22.7. The zero-order valence-electron chi connectivity index (χ0n) is 7.77. The van der Waals surface area contributed by atoms with Crippen LogP contribution in [-0.4, -0.2) is 26.0 Å². The summed E-state index contributed by atoms with van der Waals surface area (Å²) in [7, 11) is -2.79. The summed E-state index contributed by atoms with van der Waals surface area (Å²) in [5.74, 6) is 0.637. The van der Waals surface area contributed by atoms with Crippen LogP contribution in [0.2, 0.25) is 0 Å². The first-order valence-corrected chi connectivity index (χ1v) is 7.41. The van der Waals surface area contributed by atoms with Crippen LogP contribution in [0.15, 0.2) is 16.8 Å². The lowest BCUT2D eigenvalue weighted by Gasteiger charge is -2.23. The van der Waals surface area contributed by atoms with E-state index in [1.165, 1.54) is 0 Å². The van der Waals surface area contributed by atoms with Crippen molar-refractivity contribution in [2.75, 3.05) is 16.8 Å². The van der Waals surface area contributed by atoms with E-state index in [1.54, 1.807) is 11.3 Å². The number of hydrogen-bond donors (Lipinski definition) is 1. The van der Waals surface area contributed by atoms with Crippen LogP contribution in [0.5, 0.6) is 0 Å². The number of anilines is 1. The van der Waals surface area contributed by atoms with Crippen LogP contribution >= 0.6 is 11.3 Å². The molecule has 14 heavy (non-hydrogen) atoms. The first-order chi connectivity index (χ1) is 6.66. The van der Waals surface area contributed by atoms with Gasteiger partial charge in [0.2, 0.25) is 0 Å². The van der Waals surface area contributed by atoms with E-state index in [-0.39, 0.29) is 11.8 Å². The molecule has 0 bridgehead atoms. The minimum Gasteiger partial charge on any atom is -0.381 e. The lowest BCUT2D eigenvalue weighted by Crippen LogP contribution is -2.34. The second-order valence-corrected chi connectivity index (χ2v) is 6.62. The maximum atomic E-state index is 11.4. The van der Waals surface area contributed by atoms with Crippen molar-refractivity contribution in [2.45, 2.75) is 18.9 Å². The van der Waals surface area contributed by atoms with E-state index in [2.05, 4.69) is 5.32 Å². The highest BCUT2D eigenvalue weighted by atomic mass is 32.2. The van der Waals surface area contributed by atoms with E-state index >= 15 is 0 Å². The lowest BCUT2D eigenvalue weighted by atomic mass is 10.2. The fraction of sp³-hybridized carbons (Fsp3) is 0.556. The first kappa shape index (κ1) is 9.98. The van der Waals surface area contributed by atoms with Crippen molar-refractivity contribution >= 4 is 26.9 Å². The third-order valence-electron chi connectivity index (χ3n) is 2.36. The van der Waals surface area contributed by atoms with Gasteiger partial charge >= 0.3 is 0 Å². The van der Waals surface area contributed by atoms with Gasteiger partial charge in [-0.2, -0.15) is 11.3 Å². The predicted octanol–water partition coefficient (Wildman–Crippen LogP) is 1.74. The highest BCUT2D eigenvalue weighted by Gasteiger charge is 2.24. The maximum absolute atomic E-state index is 11.4. The highest BCUT2D eigenvalue weighted by molar-refractivity contribution is 7.91. The summed E-state index contributed by atoms with van der Waals surface area (Å²) >= 11 is 1.62. The van der Waals surface area contributed by atoms with E-state index < -0.39 is 9.84 Å². The normalized spacial score (nSPS) is 25.9. The molecule has 1 fully saturated rings. The minimum absolute atomic E-state index is 0.100. The Labute approximate surface area is 88.1 Å². The first-order valence-electron chi connectivity index (χ1n) is 4.65. The Kier molecular flexibility index (Phi) is 2.78. The fourth-order valence-electron chi connectivity index (χ4n) is 1.72. The molecule has 0 spiro atoms. The molecule has 5 heteroatoms. The molecule has 2 rings (SSSR count). The van der Waals surface area contributed by atoms with Gasteiger partial charge in [-0.1, -0.05) is 0 Å². The predicted molar refractivity (Wildman–Crippen MR) is 59.6 cm³/mol. The van der Waals surface area contributed by atoms with Crippen molar-refractivity contribution in [3.8, 4) is 0 Å². The monoisotopic (exact) mass is 231 g/mol. The molecule has 1 aromatic rings. The number of hydrogen-bond acceptors (Lipinski definition) is 4. The molecule has 1 aromatic heterocycles. The second-order valence-electron chi connectivity index (χ2n) is 3.61. The summed E-state index contributed by atoms with van der Waals surface area (Å²) in [5.41, 5.74) is 1.04. The van der Waals surface area contributed by atoms with Crippen LogP contribution in [0.4, 0.5) is 5.69 Å². The number of thiophene rings is 1. The third kappa shape index (κ3) is 2.48. The molecule has 0 radical (unpaired) electrons. The van der Waals surface area contributed by atoms with Crippen molar-refractivity contribution in [1.29, 1.82) is 0 Å². The third-order valence-corrected chi connectivity index (χ3v) is 4.86. The van der Waals surface area contributed by atoms with E-state index in [0.717, 1.165) is 18.5 Å². The molecule has 1 aliphatic heterocycles. The number of rotatable bonds is 2. The highest BCUT2D eigenvalue weighted by Crippen LogP contribution is 2.19. The van der Waals surface area contributed by atoms with Gasteiger partial charge in [-0.05, 0) is 24.3 Å². The van der Waals surface area contributed by atoms with Gasteiger partial charge < -0.3 is 5.32 Å². The van der Waals surface area contributed by atoms with Crippen LogP contribution in [0.1, 0.15) is 12.8 Å². The Morgan fingerprint density at radius 2 is 2.36 bits per heavy atom. The van der Waals surface area contributed by atoms with Crippen molar-refractivity contribution in [3.63, 3.8) is 0 Å². The topological polar surface area (TPSA) is 46.2 Å². The fourth-order valence-corrected chi connectivity index (χ4v) is 3.95. The smallest absolute Gasteiger partial charge is 0.152 e. The average molecular weight is 231 g/mol. The van der Waals surface area contributed by atoms with Crippen LogP contribution in [-0.2, 0) is 9.84 Å². The lowest BCUT2D eigenvalue weighted by molar-refractivity contribution is 0.562. The molecule has 2 heterocycles. The molecule has 1 aliphatic rings. The molecule has 0 amide bonds. The largest absolute Gasteiger partial charge is 0.381 e. The van der Waals surface area contributed by atoms with Gasteiger partial charge in [-0.15, -0.1) is 0 Å². The molecular formula is C9H13NO2S2. The van der Waals surface area contributed by atoms with E-state index in [9.17, 15) is 8.42 Å². The summed E-state index contributed by atoms with van der Waals surface area (Å²) in [5, 5.41) is 7.23. The zero-order valence-corrected chi connectivity index (χ0v) is 9.40. The molecule has 0 saturated carbocycles. The van der Waals surface area contributed by atoms with Gasteiger partial charge in [0.1, 0.15) is 0 Å². The van der Waals surface area contributed by atoms with Crippen molar-refractivity contribution in [1.82, 2.24) is 0 Å². The van der Waals surface area contributed by atoms with Crippen LogP contribution in [0.3, 0.4) is 0 Å². The Bertz CT molecular complexity index is 383. The molecule has 0 aliphatic carbocycles. The van der Waals surface area contributed by atoms with Crippen molar-refractivity contribution < 1.29 is 8.42 Å². The summed E-state index contributed by atoms with van der Waals surface area (Å²) in [6.07, 6.45) is 1.74. The zero-order chi connectivity index (χ0) is 10.0. The van der Waals surface area contributed by atoms with Crippen LogP contribution in [0.25, 0.3) is 0 Å². The summed E-state index contributed by atoms with van der Waals surface area (Å²) in [6, 6.07) is 2.08. The molecule has 1 unspecified atom stereocenters.